The summed E-state index contributed by atoms with van der Waals surface area (Å²) in [5.41, 5.74) is 1.51. The van der Waals surface area contributed by atoms with Gasteiger partial charge in [0, 0.05) is 22.4 Å². The van der Waals surface area contributed by atoms with Gasteiger partial charge in [0.05, 0.1) is 19.3 Å². The minimum Gasteiger partial charge on any atom is -0.497 e. The molecule has 2 aromatic carbocycles. The maximum Gasteiger partial charge on any atom is 0.182 e. The molecule has 6 heteroatoms. The van der Waals surface area contributed by atoms with E-state index in [9.17, 15) is 4.79 Å². The van der Waals surface area contributed by atoms with Crippen molar-refractivity contribution in [1.82, 2.24) is 4.90 Å². The number of Topliss-reactive ketones (excluding diaryl/α,β-unsaturated/α-hetero) is 1. The predicted molar refractivity (Wildman–Crippen MR) is 104 cm³/mol. The van der Waals surface area contributed by atoms with Crippen LogP contribution in [0, 0.1) is 0 Å². The SMILES string of the molecule is COc1ccc(C(=O)CN2CC(C)SC2=Nc2ccc(Cl)cc2)cc1. The average molecular weight is 375 g/mol. The maximum absolute atomic E-state index is 12.6. The van der Waals surface area contributed by atoms with E-state index in [-0.39, 0.29) is 5.78 Å². The summed E-state index contributed by atoms with van der Waals surface area (Å²) in [7, 11) is 1.61. The molecule has 25 heavy (non-hydrogen) atoms. The molecule has 130 valence electrons. The second-order valence-corrected chi connectivity index (χ2v) is 7.67. The molecule has 1 atom stereocenters. The van der Waals surface area contributed by atoms with Crippen molar-refractivity contribution in [2.45, 2.75) is 12.2 Å². The maximum atomic E-state index is 12.6. The van der Waals surface area contributed by atoms with Gasteiger partial charge in [-0.15, -0.1) is 0 Å². The number of carbonyl (C=O) groups is 1. The summed E-state index contributed by atoms with van der Waals surface area (Å²) in [5.74, 6) is 0.813. The van der Waals surface area contributed by atoms with Crippen LogP contribution in [0.1, 0.15) is 17.3 Å². The minimum atomic E-state index is 0.0705. The van der Waals surface area contributed by atoms with Gasteiger partial charge < -0.3 is 9.64 Å². The first-order chi connectivity index (χ1) is 12.0. The van der Waals surface area contributed by atoms with Crippen LogP contribution in [0.4, 0.5) is 5.69 Å². The van der Waals surface area contributed by atoms with Gasteiger partial charge >= 0.3 is 0 Å². The van der Waals surface area contributed by atoms with Crippen LogP contribution in [-0.4, -0.2) is 41.3 Å². The second-order valence-electron chi connectivity index (χ2n) is 5.83. The Morgan fingerprint density at radius 1 is 1.24 bits per heavy atom. The lowest BCUT2D eigenvalue weighted by Gasteiger charge is -2.17. The Bertz CT molecular complexity index is 775. The zero-order valence-electron chi connectivity index (χ0n) is 14.1. The molecular formula is C19H19ClN2O2S. The number of ether oxygens (including phenoxy) is 1. The molecule has 1 saturated heterocycles. The molecule has 2 aromatic rings. The van der Waals surface area contributed by atoms with Crippen LogP contribution in [0.5, 0.6) is 5.75 Å². The monoisotopic (exact) mass is 374 g/mol. The Labute approximate surface area is 156 Å². The number of amidine groups is 1. The molecule has 1 unspecified atom stereocenters. The number of carbonyl (C=O) groups excluding carboxylic acids is 1. The molecule has 0 amide bonds. The summed E-state index contributed by atoms with van der Waals surface area (Å²) in [4.78, 5) is 19.3. The third kappa shape index (κ3) is 4.55. The van der Waals surface area contributed by atoms with Gasteiger partial charge in [-0.1, -0.05) is 30.3 Å². The summed E-state index contributed by atoms with van der Waals surface area (Å²) in [5, 5.41) is 1.95. The number of benzene rings is 2. The molecule has 0 saturated carbocycles. The lowest BCUT2D eigenvalue weighted by atomic mass is 10.1. The average Bonchev–Trinajstić information content (AvgIpc) is 2.96. The number of methoxy groups -OCH3 is 1. The number of halogens is 1. The fourth-order valence-electron chi connectivity index (χ4n) is 2.58. The zero-order chi connectivity index (χ0) is 17.8. The van der Waals surface area contributed by atoms with Crippen molar-refractivity contribution in [2.75, 3.05) is 20.2 Å². The summed E-state index contributed by atoms with van der Waals surface area (Å²) < 4.78 is 5.13. The highest BCUT2D eigenvalue weighted by Gasteiger charge is 2.27. The molecular weight excluding hydrogens is 356 g/mol. The Kier molecular flexibility index (Phi) is 5.66. The smallest absolute Gasteiger partial charge is 0.182 e. The van der Waals surface area contributed by atoms with E-state index in [4.69, 9.17) is 16.3 Å². The number of rotatable bonds is 5. The van der Waals surface area contributed by atoms with Crippen molar-refractivity contribution >= 4 is 40.0 Å². The standard InChI is InChI=1S/C19H19ClN2O2S/c1-13-11-22(12-18(23)14-3-9-17(24-2)10-4-14)19(25-13)21-16-7-5-15(20)6-8-16/h3-10,13H,11-12H2,1-2H3. The molecule has 0 N–H and O–H groups in total. The molecule has 0 radical (unpaired) electrons. The Balaban J connectivity index is 1.74. The highest BCUT2D eigenvalue weighted by atomic mass is 35.5. The van der Waals surface area contributed by atoms with Crippen LogP contribution in [0.25, 0.3) is 0 Å². The van der Waals surface area contributed by atoms with Gasteiger partial charge in [-0.3, -0.25) is 4.79 Å². The van der Waals surface area contributed by atoms with Crippen molar-refractivity contribution < 1.29 is 9.53 Å². The number of ketones is 1. The predicted octanol–water partition coefficient (Wildman–Crippen LogP) is 4.66. The van der Waals surface area contributed by atoms with E-state index < -0.39 is 0 Å². The first kappa shape index (κ1) is 17.8. The second kappa shape index (κ2) is 7.93. The number of nitrogens with zero attached hydrogens (tertiary/aromatic N) is 2. The Morgan fingerprint density at radius 2 is 1.92 bits per heavy atom. The normalized spacial score (nSPS) is 18.6. The van der Waals surface area contributed by atoms with Crippen LogP contribution >= 0.6 is 23.4 Å². The third-order valence-corrected chi connectivity index (χ3v) is 5.22. The molecule has 1 aliphatic rings. The molecule has 3 rings (SSSR count). The van der Waals surface area contributed by atoms with Crippen molar-refractivity contribution in [3.63, 3.8) is 0 Å². The summed E-state index contributed by atoms with van der Waals surface area (Å²) in [6.07, 6.45) is 0. The van der Waals surface area contributed by atoms with E-state index >= 15 is 0 Å². The molecule has 0 spiro atoms. The highest BCUT2D eigenvalue weighted by Crippen LogP contribution is 2.28. The first-order valence-corrected chi connectivity index (χ1v) is 9.24. The van der Waals surface area contributed by atoms with E-state index in [2.05, 4.69) is 11.9 Å². The van der Waals surface area contributed by atoms with E-state index in [1.807, 2.05) is 29.2 Å². The molecule has 0 aromatic heterocycles. The van der Waals surface area contributed by atoms with Gasteiger partial charge in [0.25, 0.3) is 0 Å². The fourth-order valence-corrected chi connectivity index (χ4v) is 3.76. The summed E-state index contributed by atoms with van der Waals surface area (Å²) in [6.45, 7) is 3.26. The largest absolute Gasteiger partial charge is 0.497 e. The van der Waals surface area contributed by atoms with E-state index in [0.717, 1.165) is 23.1 Å². The lowest BCUT2D eigenvalue weighted by Crippen LogP contribution is -2.31. The highest BCUT2D eigenvalue weighted by molar-refractivity contribution is 8.14. The first-order valence-electron chi connectivity index (χ1n) is 7.98. The number of aliphatic imine (C=N–C) groups is 1. The lowest BCUT2D eigenvalue weighted by molar-refractivity contribution is 0.0965. The van der Waals surface area contributed by atoms with Crippen molar-refractivity contribution in [3.8, 4) is 5.75 Å². The summed E-state index contributed by atoms with van der Waals surface area (Å²) >= 11 is 7.61. The van der Waals surface area contributed by atoms with E-state index in [1.54, 1.807) is 43.1 Å². The number of hydrogen-bond donors (Lipinski definition) is 0. The fraction of sp³-hybridized carbons (Fsp3) is 0.263. The quantitative estimate of drug-likeness (QED) is 0.714. The molecule has 0 aliphatic carbocycles. The van der Waals surface area contributed by atoms with Gasteiger partial charge in [-0.05, 0) is 48.5 Å². The Morgan fingerprint density at radius 3 is 2.56 bits per heavy atom. The number of hydrogen-bond acceptors (Lipinski definition) is 4. The van der Waals surface area contributed by atoms with Gasteiger partial charge in [0.15, 0.2) is 11.0 Å². The van der Waals surface area contributed by atoms with Crippen LogP contribution < -0.4 is 4.74 Å². The van der Waals surface area contributed by atoms with Crippen LogP contribution in [0.15, 0.2) is 53.5 Å². The van der Waals surface area contributed by atoms with Gasteiger partial charge in [-0.25, -0.2) is 4.99 Å². The topological polar surface area (TPSA) is 41.9 Å². The van der Waals surface area contributed by atoms with Gasteiger partial charge in [0.2, 0.25) is 0 Å². The Hall–Kier alpha value is -1.98. The van der Waals surface area contributed by atoms with Crippen molar-refractivity contribution in [2.24, 2.45) is 4.99 Å². The molecule has 4 nitrogen and oxygen atoms in total. The third-order valence-electron chi connectivity index (χ3n) is 3.85. The van der Waals surface area contributed by atoms with E-state index in [0.29, 0.717) is 22.4 Å². The molecule has 1 fully saturated rings. The van der Waals surface area contributed by atoms with Crippen LogP contribution in [0.3, 0.4) is 0 Å². The van der Waals surface area contributed by atoms with E-state index in [1.165, 1.54) is 0 Å². The summed E-state index contributed by atoms with van der Waals surface area (Å²) in [6, 6.07) is 14.6. The minimum absolute atomic E-state index is 0.0705. The molecule has 1 aliphatic heterocycles. The van der Waals surface area contributed by atoms with Crippen LogP contribution in [-0.2, 0) is 0 Å². The molecule has 0 bridgehead atoms. The van der Waals surface area contributed by atoms with Gasteiger partial charge in [-0.2, -0.15) is 0 Å². The van der Waals surface area contributed by atoms with Gasteiger partial charge in [0.1, 0.15) is 5.75 Å². The molecule has 1 heterocycles. The zero-order valence-corrected chi connectivity index (χ0v) is 15.7. The number of thioether (sulfide) groups is 1. The van der Waals surface area contributed by atoms with Crippen molar-refractivity contribution in [3.05, 3.63) is 59.1 Å². The van der Waals surface area contributed by atoms with Crippen molar-refractivity contribution in [1.29, 1.82) is 0 Å². The van der Waals surface area contributed by atoms with Crippen LogP contribution in [0.2, 0.25) is 5.02 Å².